The molecule has 0 aliphatic carbocycles. The molecule has 0 radical (unpaired) electrons. The summed E-state index contributed by atoms with van der Waals surface area (Å²) < 4.78 is 0. The Kier molecular flexibility index (Phi) is 8.90. The summed E-state index contributed by atoms with van der Waals surface area (Å²) in [6.45, 7) is 14.4. The highest BCUT2D eigenvalue weighted by Gasteiger charge is 2.12. The predicted octanol–water partition coefficient (Wildman–Crippen LogP) is 1.71. The fourth-order valence-corrected chi connectivity index (χ4v) is 1.64. The fraction of sp³-hybridized carbons (Fsp3) is 1.00. The Balaban J connectivity index is 3.82. The second-order valence-electron chi connectivity index (χ2n) is 5.08. The molecular formula is C13H30N2O. The Morgan fingerprint density at radius 1 is 1.12 bits per heavy atom. The quantitative estimate of drug-likeness (QED) is 0.633. The van der Waals surface area contributed by atoms with Crippen LogP contribution in [0, 0.1) is 5.92 Å². The third-order valence-corrected chi connectivity index (χ3v) is 2.94. The lowest BCUT2D eigenvalue weighted by Crippen LogP contribution is -2.41. The Hall–Kier alpha value is -0.120. The molecule has 0 aromatic carbocycles. The molecule has 0 bridgehead atoms. The second-order valence-corrected chi connectivity index (χ2v) is 5.08. The fourth-order valence-electron chi connectivity index (χ4n) is 1.64. The van der Waals surface area contributed by atoms with Gasteiger partial charge in [0.05, 0.1) is 6.10 Å². The zero-order valence-corrected chi connectivity index (χ0v) is 11.7. The van der Waals surface area contributed by atoms with Gasteiger partial charge in [0, 0.05) is 25.7 Å². The van der Waals surface area contributed by atoms with Crippen molar-refractivity contribution in [2.24, 2.45) is 5.92 Å². The Labute approximate surface area is 101 Å². The highest BCUT2D eigenvalue weighted by atomic mass is 16.3. The monoisotopic (exact) mass is 230 g/mol. The first-order chi connectivity index (χ1) is 7.49. The molecule has 0 aromatic rings. The number of hydrogen-bond acceptors (Lipinski definition) is 3. The summed E-state index contributed by atoms with van der Waals surface area (Å²) in [6.07, 6.45) is 0.947. The number of nitrogens with zero attached hydrogens (tertiary/aromatic N) is 1. The van der Waals surface area contributed by atoms with Gasteiger partial charge in [0.25, 0.3) is 0 Å². The Morgan fingerprint density at radius 2 is 1.75 bits per heavy atom. The average Bonchev–Trinajstić information content (AvgIpc) is 2.25. The van der Waals surface area contributed by atoms with Crippen LogP contribution in [0.3, 0.4) is 0 Å². The van der Waals surface area contributed by atoms with Crippen LogP contribution in [0.5, 0.6) is 0 Å². The van der Waals surface area contributed by atoms with E-state index in [1.807, 2.05) is 0 Å². The molecular weight excluding hydrogens is 200 g/mol. The van der Waals surface area contributed by atoms with Crippen molar-refractivity contribution in [2.45, 2.75) is 53.2 Å². The summed E-state index contributed by atoms with van der Waals surface area (Å²) in [5.41, 5.74) is 0. The van der Waals surface area contributed by atoms with Gasteiger partial charge < -0.3 is 15.3 Å². The highest BCUT2D eigenvalue weighted by Crippen LogP contribution is 2.04. The summed E-state index contributed by atoms with van der Waals surface area (Å²) in [5.74, 6) is 0.713. The van der Waals surface area contributed by atoms with E-state index in [1.54, 1.807) is 0 Å². The van der Waals surface area contributed by atoms with Crippen molar-refractivity contribution >= 4 is 0 Å². The molecule has 0 fully saturated rings. The van der Waals surface area contributed by atoms with E-state index in [0.29, 0.717) is 18.5 Å². The molecule has 0 saturated heterocycles. The van der Waals surface area contributed by atoms with Crippen molar-refractivity contribution in [3.63, 3.8) is 0 Å². The van der Waals surface area contributed by atoms with Gasteiger partial charge in [-0.1, -0.05) is 41.0 Å². The van der Waals surface area contributed by atoms with E-state index in [0.717, 1.165) is 19.6 Å². The third kappa shape index (κ3) is 8.08. The van der Waals surface area contributed by atoms with Gasteiger partial charge in [0.2, 0.25) is 0 Å². The summed E-state index contributed by atoms with van der Waals surface area (Å²) in [4.78, 5) is 2.33. The molecule has 2 unspecified atom stereocenters. The molecule has 0 heterocycles. The first-order valence-electron chi connectivity index (χ1n) is 6.63. The number of likely N-dealkylation sites (N-methyl/N-ethyl adjacent to an activating group) is 1. The van der Waals surface area contributed by atoms with Gasteiger partial charge in [0.15, 0.2) is 0 Å². The van der Waals surface area contributed by atoms with Crippen LogP contribution in [0.15, 0.2) is 0 Å². The average molecular weight is 230 g/mol. The molecule has 0 spiro atoms. The zero-order valence-electron chi connectivity index (χ0n) is 11.7. The van der Waals surface area contributed by atoms with Crippen molar-refractivity contribution in [3.8, 4) is 0 Å². The smallest absolute Gasteiger partial charge is 0.0791 e. The lowest BCUT2D eigenvalue weighted by Gasteiger charge is -2.26. The number of aliphatic hydroxyl groups is 1. The normalized spacial score (nSPS) is 15.8. The van der Waals surface area contributed by atoms with Crippen molar-refractivity contribution in [2.75, 3.05) is 26.2 Å². The van der Waals surface area contributed by atoms with E-state index in [-0.39, 0.29) is 6.10 Å². The molecule has 0 saturated carbocycles. The molecule has 0 amide bonds. The van der Waals surface area contributed by atoms with Crippen molar-refractivity contribution < 1.29 is 5.11 Å². The van der Waals surface area contributed by atoms with Crippen LogP contribution >= 0.6 is 0 Å². The van der Waals surface area contributed by atoms with E-state index in [4.69, 9.17) is 0 Å². The standard InChI is InChI=1S/C13H30N2O/c1-6-12(5)9-15(7-2)10-13(16)8-14-11(3)4/h11-14,16H,6-10H2,1-5H3. The van der Waals surface area contributed by atoms with Crippen LogP contribution in [0.2, 0.25) is 0 Å². The first kappa shape index (κ1) is 15.9. The number of aliphatic hydroxyl groups excluding tert-OH is 1. The van der Waals surface area contributed by atoms with Gasteiger partial charge in [-0.3, -0.25) is 0 Å². The Morgan fingerprint density at radius 3 is 2.19 bits per heavy atom. The molecule has 0 aromatic heterocycles. The second kappa shape index (κ2) is 8.97. The molecule has 2 N–H and O–H groups in total. The Bertz CT molecular complexity index is 162. The van der Waals surface area contributed by atoms with Gasteiger partial charge in [-0.05, 0) is 12.5 Å². The van der Waals surface area contributed by atoms with E-state index in [1.165, 1.54) is 6.42 Å². The van der Waals surface area contributed by atoms with E-state index >= 15 is 0 Å². The zero-order chi connectivity index (χ0) is 12.6. The van der Waals surface area contributed by atoms with Gasteiger partial charge in [-0.15, -0.1) is 0 Å². The minimum atomic E-state index is -0.258. The maximum absolute atomic E-state index is 9.88. The van der Waals surface area contributed by atoms with Crippen molar-refractivity contribution in [3.05, 3.63) is 0 Å². The van der Waals surface area contributed by atoms with Gasteiger partial charge >= 0.3 is 0 Å². The lowest BCUT2D eigenvalue weighted by molar-refractivity contribution is 0.104. The maximum atomic E-state index is 9.88. The first-order valence-corrected chi connectivity index (χ1v) is 6.63. The maximum Gasteiger partial charge on any atom is 0.0791 e. The van der Waals surface area contributed by atoms with E-state index in [9.17, 15) is 5.11 Å². The van der Waals surface area contributed by atoms with E-state index < -0.39 is 0 Å². The molecule has 3 heteroatoms. The molecule has 0 aliphatic rings. The molecule has 98 valence electrons. The largest absolute Gasteiger partial charge is 0.390 e. The van der Waals surface area contributed by atoms with Crippen molar-refractivity contribution in [1.82, 2.24) is 10.2 Å². The van der Waals surface area contributed by atoms with Crippen LogP contribution in [0.25, 0.3) is 0 Å². The summed E-state index contributed by atoms with van der Waals surface area (Å²) in [6, 6.07) is 0.444. The van der Waals surface area contributed by atoms with Gasteiger partial charge in [-0.2, -0.15) is 0 Å². The number of rotatable bonds is 9. The topological polar surface area (TPSA) is 35.5 Å². The summed E-state index contributed by atoms with van der Waals surface area (Å²) in [5, 5.41) is 13.1. The molecule has 0 rings (SSSR count). The van der Waals surface area contributed by atoms with Crippen LogP contribution in [-0.4, -0.2) is 48.3 Å². The highest BCUT2D eigenvalue weighted by molar-refractivity contribution is 4.69. The minimum absolute atomic E-state index is 0.258. The van der Waals surface area contributed by atoms with Gasteiger partial charge in [0.1, 0.15) is 0 Å². The minimum Gasteiger partial charge on any atom is -0.390 e. The number of hydrogen-bond donors (Lipinski definition) is 2. The molecule has 3 nitrogen and oxygen atoms in total. The van der Waals surface area contributed by atoms with Crippen LogP contribution < -0.4 is 5.32 Å². The summed E-state index contributed by atoms with van der Waals surface area (Å²) >= 11 is 0. The van der Waals surface area contributed by atoms with E-state index in [2.05, 4.69) is 44.8 Å². The van der Waals surface area contributed by atoms with Crippen LogP contribution in [0.4, 0.5) is 0 Å². The van der Waals surface area contributed by atoms with Crippen LogP contribution in [-0.2, 0) is 0 Å². The SMILES string of the molecule is CCC(C)CN(CC)CC(O)CNC(C)C. The number of nitrogens with one attached hydrogen (secondary N) is 1. The molecule has 16 heavy (non-hydrogen) atoms. The van der Waals surface area contributed by atoms with Crippen LogP contribution in [0.1, 0.15) is 41.0 Å². The summed E-state index contributed by atoms with van der Waals surface area (Å²) in [7, 11) is 0. The molecule has 2 atom stereocenters. The third-order valence-electron chi connectivity index (χ3n) is 2.94. The predicted molar refractivity (Wildman–Crippen MR) is 70.7 cm³/mol. The molecule has 0 aliphatic heterocycles. The van der Waals surface area contributed by atoms with Crippen molar-refractivity contribution in [1.29, 1.82) is 0 Å². The van der Waals surface area contributed by atoms with Gasteiger partial charge in [-0.25, -0.2) is 0 Å². The lowest BCUT2D eigenvalue weighted by atomic mass is 10.1.